The summed E-state index contributed by atoms with van der Waals surface area (Å²) in [5.74, 6) is -2.13. The minimum Gasteiger partial charge on any atom is -0.481 e. The van der Waals surface area contributed by atoms with E-state index in [4.69, 9.17) is 26.6 Å². The van der Waals surface area contributed by atoms with E-state index < -0.39 is 17.5 Å². The summed E-state index contributed by atoms with van der Waals surface area (Å²) >= 11 is 5.96. The number of rotatable bonds is 8. The number of carbonyl (C=O) groups is 4. The molecule has 2 aromatic rings. The van der Waals surface area contributed by atoms with E-state index in [9.17, 15) is 14.4 Å². The summed E-state index contributed by atoms with van der Waals surface area (Å²) in [7, 11) is 0. The number of amides is 2. The van der Waals surface area contributed by atoms with Crippen molar-refractivity contribution in [1.29, 1.82) is 0 Å². The van der Waals surface area contributed by atoms with Gasteiger partial charge in [-0.2, -0.15) is 0 Å². The van der Waals surface area contributed by atoms with E-state index in [1.807, 2.05) is 38.1 Å². The van der Waals surface area contributed by atoms with E-state index in [1.165, 1.54) is 4.90 Å². The minimum absolute atomic E-state index is 0.0749. The standard InChI is InChI=1S/C25H29ClN2O4.C2H4O2/c1-17-12-18(2)14-20(13-17)15-22(29)28-11-9-25(28,3)24(32)27(10-8-23(30)31)16-19-4-6-21(26)7-5-19;1-2(3)4/h4-7,12-14H,8-11,15-16H2,1-3H3,(H,30,31);1H3,(H,3,4). The molecule has 2 aromatic carbocycles. The number of carbonyl (C=O) groups excluding carboxylic acids is 2. The lowest BCUT2D eigenvalue weighted by molar-refractivity contribution is -0.164. The Morgan fingerprint density at radius 3 is 2.03 bits per heavy atom. The van der Waals surface area contributed by atoms with Gasteiger partial charge in [-0.15, -0.1) is 0 Å². The van der Waals surface area contributed by atoms with Crippen LogP contribution in [0.5, 0.6) is 0 Å². The number of benzene rings is 2. The number of hydrogen-bond acceptors (Lipinski definition) is 4. The van der Waals surface area contributed by atoms with Crippen LogP contribution in [0.3, 0.4) is 0 Å². The monoisotopic (exact) mass is 516 g/mol. The van der Waals surface area contributed by atoms with Crippen molar-refractivity contribution in [2.24, 2.45) is 0 Å². The zero-order chi connectivity index (χ0) is 27.0. The van der Waals surface area contributed by atoms with Gasteiger partial charge in [-0.1, -0.05) is 53.1 Å². The van der Waals surface area contributed by atoms with Crippen LogP contribution in [0.4, 0.5) is 0 Å². The maximum Gasteiger partial charge on any atom is 0.305 e. The van der Waals surface area contributed by atoms with E-state index in [0.717, 1.165) is 29.2 Å². The molecule has 194 valence electrons. The second-order valence-corrected chi connectivity index (χ2v) is 9.69. The van der Waals surface area contributed by atoms with Gasteiger partial charge < -0.3 is 20.0 Å². The molecule has 36 heavy (non-hydrogen) atoms. The number of hydrogen-bond donors (Lipinski definition) is 2. The van der Waals surface area contributed by atoms with Crippen molar-refractivity contribution < 1.29 is 29.4 Å². The quantitative estimate of drug-likeness (QED) is 0.546. The summed E-state index contributed by atoms with van der Waals surface area (Å²) in [5.41, 5.74) is 3.00. The van der Waals surface area contributed by atoms with Crippen molar-refractivity contribution in [2.45, 2.75) is 59.0 Å². The molecule has 2 amide bonds. The molecule has 1 saturated heterocycles. The maximum absolute atomic E-state index is 13.5. The van der Waals surface area contributed by atoms with Gasteiger partial charge in [0.1, 0.15) is 5.54 Å². The van der Waals surface area contributed by atoms with Gasteiger partial charge in [0.05, 0.1) is 12.8 Å². The fourth-order valence-corrected chi connectivity index (χ4v) is 4.38. The number of carboxylic acids is 2. The van der Waals surface area contributed by atoms with Gasteiger partial charge >= 0.3 is 5.97 Å². The molecule has 1 aliphatic heterocycles. The largest absolute Gasteiger partial charge is 0.481 e. The first-order chi connectivity index (χ1) is 16.8. The predicted octanol–water partition coefficient (Wildman–Crippen LogP) is 4.08. The van der Waals surface area contributed by atoms with Gasteiger partial charge in [0.2, 0.25) is 11.8 Å². The van der Waals surface area contributed by atoms with E-state index in [2.05, 4.69) is 6.07 Å². The van der Waals surface area contributed by atoms with E-state index in [-0.39, 0.29) is 37.7 Å². The lowest BCUT2D eigenvalue weighted by Gasteiger charge is -2.51. The molecule has 8 nitrogen and oxygen atoms in total. The Labute approximate surface area is 216 Å². The first kappa shape index (κ1) is 28.8. The maximum atomic E-state index is 13.5. The molecule has 0 aromatic heterocycles. The van der Waals surface area contributed by atoms with Gasteiger partial charge in [-0.25, -0.2) is 0 Å². The van der Waals surface area contributed by atoms with E-state index in [0.29, 0.717) is 18.0 Å². The Hall–Kier alpha value is -3.39. The van der Waals surface area contributed by atoms with Crippen molar-refractivity contribution >= 4 is 35.4 Å². The van der Waals surface area contributed by atoms with Crippen LogP contribution in [0.25, 0.3) is 0 Å². The molecule has 0 radical (unpaired) electrons. The number of nitrogens with zero attached hydrogens (tertiary/aromatic N) is 2. The molecule has 0 bridgehead atoms. The molecule has 1 heterocycles. The fraction of sp³-hybridized carbons (Fsp3) is 0.407. The molecule has 2 N–H and O–H groups in total. The van der Waals surface area contributed by atoms with Gasteiger partial charge in [0.15, 0.2) is 0 Å². The fourth-order valence-electron chi connectivity index (χ4n) is 4.26. The van der Waals surface area contributed by atoms with Crippen LogP contribution in [0.2, 0.25) is 5.02 Å². The third-order valence-electron chi connectivity index (χ3n) is 5.99. The predicted molar refractivity (Wildman–Crippen MR) is 137 cm³/mol. The molecule has 0 saturated carbocycles. The normalized spacial score (nSPS) is 16.3. The average molecular weight is 517 g/mol. The molecule has 1 aliphatic rings. The number of likely N-dealkylation sites (tertiary alicyclic amines) is 1. The van der Waals surface area contributed by atoms with E-state index >= 15 is 0 Å². The molecule has 1 atom stereocenters. The van der Waals surface area contributed by atoms with Crippen molar-refractivity contribution in [2.75, 3.05) is 13.1 Å². The smallest absolute Gasteiger partial charge is 0.305 e. The van der Waals surface area contributed by atoms with Gasteiger partial charge in [-0.05, 0) is 50.5 Å². The van der Waals surface area contributed by atoms with Crippen molar-refractivity contribution in [3.63, 3.8) is 0 Å². The van der Waals surface area contributed by atoms with Gasteiger partial charge in [0, 0.05) is 31.6 Å². The van der Waals surface area contributed by atoms with Crippen LogP contribution in [-0.2, 0) is 32.1 Å². The Balaban J connectivity index is 0.00000106. The Morgan fingerprint density at radius 2 is 1.56 bits per heavy atom. The molecule has 1 unspecified atom stereocenters. The van der Waals surface area contributed by atoms with Gasteiger partial charge in [0.25, 0.3) is 5.97 Å². The van der Waals surface area contributed by atoms with Gasteiger partial charge in [-0.3, -0.25) is 19.2 Å². The third kappa shape index (κ3) is 8.09. The average Bonchev–Trinajstić information content (AvgIpc) is 2.74. The summed E-state index contributed by atoms with van der Waals surface area (Å²) in [5, 5.41) is 17.2. The Bertz CT molecular complexity index is 1090. The highest BCUT2D eigenvalue weighted by Gasteiger charge is 2.50. The van der Waals surface area contributed by atoms with Crippen LogP contribution in [0.15, 0.2) is 42.5 Å². The third-order valence-corrected chi connectivity index (χ3v) is 6.24. The Kier molecular flexibility index (Phi) is 10.0. The lowest BCUT2D eigenvalue weighted by Crippen LogP contribution is -2.68. The first-order valence-corrected chi connectivity index (χ1v) is 12.0. The first-order valence-electron chi connectivity index (χ1n) is 11.6. The van der Waals surface area contributed by atoms with Crippen molar-refractivity contribution in [3.05, 3.63) is 69.7 Å². The molecular weight excluding hydrogens is 484 g/mol. The second-order valence-electron chi connectivity index (χ2n) is 9.26. The second kappa shape index (κ2) is 12.5. The van der Waals surface area contributed by atoms with E-state index in [1.54, 1.807) is 24.0 Å². The molecular formula is C27H33ClN2O6. The summed E-state index contributed by atoms with van der Waals surface area (Å²) in [6.45, 7) is 7.70. The molecule has 3 rings (SSSR count). The minimum atomic E-state index is -0.972. The lowest BCUT2D eigenvalue weighted by atomic mass is 9.84. The molecule has 0 aliphatic carbocycles. The zero-order valence-corrected chi connectivity index (χ0v) is 21.8. The molecule has 9 heteroatoms. The number of halogens is 1. The van der Waals surface area contributed by atoms with Crippen LogP contribution in [-0.4, -0.2) is 62.4 Å². The number of carboxylic acid groups (broad SMARTS) is 2. The Morgan fingerprint density at radius 1 is 1.00 bits per heavy atom. The van der Waals surface area contributed by atoms with Crippen LogP contribution >= 0.6 is 11.6 Å². The van der Waals surface area contributed by atoms with Crippen molar-refractivity contribution in [1.82, 2.24) is 9.80 Å². The summed E-state index contributed by atoms with van der Waals surface area (Å²) in [6, 6.07) is 13.1. The van der Waals surface area contributed by atoms with Crippen LogP contribution in [0.1, 0.15) is 48.9 Å². The molecule has 0 spiro atoms. The zero-order valence-electron chi connectivity index (χ0n) is 21.1. The summed E-state index contributed by atoms with van der Waals surface area (Å²) < 4.78 is 0. The number of aliphatic carboxylic acids is 2. The number of aryl methyl sites for hydroxylation is 2. The molecule has 1 fully saturated rings. The van der Waals surface area contributed by atoms with Crippen molar-refractivity contribution in [3.8, 4) is 0 Å². The topological polar surface area (TPSA) is 115 Å². The van der Waals surface area contributed by atoms with Crippen LogP contribution in [0, 0.1) is 13.8 Å². The summed E-state index contributed by atoms with van der Waals surface area (Å²) in [4.78, 5) is 49.9. The highest BCUT2D eigenvalue weighted by atomic mass is 35.5. The van der Waals surface area contributed by atoms with Crippen LogP contribution < -0.4 is 0 Å². The highest BCUT2D eigenvalue weighted by molar-refractivity contribution is 6.30. The highest BCUT2D eigenvalue weighted by Crippen LogP contribution is 2.34. The summed E-state index contributed by atoms with van der Waals surface area (Å²) in [6.07, 6.45) is 0.623. The SMILES string of the molecule is CC(=O)O.Cc1cc(C)cc(CC(=O)N2CCC2(C)C(=O)N(CCC(=O)O)Cc2ccc(Cl)cc2)c1.